The normalized spacial score (nSPS) is 14.7. The monoisotopic (exact) mass is 206 g/mol. The van der Waals surface area contributed by atoms with Crippen molar-refractivity contribution in [3.8, 4) is 0 Å². The number of esters is 1. The molecule has 0 heterocycles. The molecule has 0 amide bonds. The Kier molecular flexibility index (Phi) is 5.63. The van der Waals surface area contributed by atoms with Crippen LogP contribution in [0.3, 0.4) is 0 Å². The highest BCUT2D eigenvalue weighted by molar-refractivity contribution is 7.19. The van der Waals surface area contributed by atoms with Crippen LogP contribution in [0.4, 0.5) is 0 Å². The van der Waals surface area contributed by atoms with Gasteiger partial charge in [-0.25, -0.2) is 0 Å². The number of carboxylic acid groups (broad SMARTS) is 1. The van der Waals surface area contributed by atoms with E-state index in [2.05, 4.69) is 9.24 Å². The van der Waals surface area contributed by atoms with Crippen LogP contribution in [0.1, 0.15) is 26.7 Å². The molecule has 0 fully saturated rings. The van der Waals surface area contributed by atoms with Crippen LogP contribution in [0.2, 0.25) is 0 Å². The smallest absolute Gasteiger partial charge is 0.313 e. The Balaban J connectivity index is 3.89. The van der Waals surface area contributed by atoms with E-state index in [-0.39, 0.29) is 12.5 Å². The molecular weight excluding hydrogens is 191 g/mol. The van der Waals surface area contributed by atoms with Crippen LogP contribution in [-0.2, 0) is 14.3 Å². The molecule has 0 aromatic rings. The van der Waals surface area contributed by atoms with Gasteiger partial charge >= 0.3 is 11.9 Å². The Hall–Kier alpha value is -0.630. The first kappa shape index (κ1) is 12.4. The van der Waals surface area contributed by atoms with E-state index in [0.717, 1.165) is 6.42 Å². The Morgan fingerprint density at radius 3 is 2.46 bits per heavy atom. The molecule has 0 saturated heterocycles. The minimum absolute atomic E-state index is 0.149. The van der Waals surface area contributed by atoms with Crippen LogP contribution in [-0.4, -0.2) is 28.8 Å². The summed E-state index contributed by atoms with van der Waals surface area (Å²) in [6.07, 6.45) is 0.375. The fourth-order valence-corrected chi connectivity index (χ4v) is 0.921. The molecule has 3 unspecified atom stereocenters. The molecule has 0 rings (SSSR count). The number of carbonyl (C=O) groups is 2. The summed E-state index contributed by atoms with van der Waals surface area (Å²) in [4.78, 5) is 21.4. The SMILES string of the molecule is CCC(C)OC(=O)C(P)CC(=O)O. The van der Waals surface area contributed by atoms with Gasteiger partial charge in [0.1, 0.15) is 0 Å². The van der Waals surface area contributed by atoms with Crippen LogP contribution < -0.4 is 0 Å². The summed E-state index contributed by atoms with van der Waals surface area (Å²) in [5.74, 6) is -1.47. The predicted octanol–water partition coefficient (Wildman–Crippen LogP) is 1.05. The Labute approximate surface area is 79.9 Å². The molecule has 76 valence electrons. The second-order valence-corrected chi connectivity index (χ2v) is 3.66. The highest BCUT2D eigenvalue weighted by atomic mass is 31.0. The van der Waals surface area contributed by atoms with Crippen molar-refractivity contribution in [2.45, 2.75) is 38.5 Å². The summed E-state index contributed by atoms with van der Waals surface area (Å²) < 4.78 is 4.94. The summed E-state index contributed by atoms with van der Waals surface area (Å²) in [6, 6.07) is 0. The zero-order chi connectivity index (χ0) is 10.4. The number of aliphatic carboxylic acids is 1. The maximum absolute atomic E-state index is 11.1. The molecule has 0 aromatic carbocycles. The second kappa shape index (κ2) is 5.92. The average Bonchev–Trinajstić information content (AvgIpc) is 2.02. The summed E-state index contributed by atoms with van der Waals surface area (Å²) in [5.41, 5.74) is -0.647. The fourth-order valence-electron chi connectivity index (χ4n) is 0.640. The van der Waals surface area contributed by atoms with Crippen molar-refractivity contribution in [1.29, 1.82) is 0 Å². The lowest BCUT2D eigenvalue weighted by atomic mass is 10.3. The molecule has 13 heavy (non-hydrogen) atoms. The summed E-state index contributed by atoms with van der Waals surface area (Å²) in [6.45, 7) is 3.67. The summed E-state index contributed by atoms with van der Waals surface area (Å²) >= 11 is 0. The van der Waals surface area contributed by atoms with E-state index in [1.807, 2.05) is 6.92 Å². The largest absolute Gasteiger partial charge is 0.481 e. The number of ether oxygens (including phenoxy) is 1. The van der Waals surface area contributed by atoms with E-state index in [0.29, 0.717) is 0 Å². The molecule has 3 atom stereocenters. The van der Waals surface area contributed by atoms with Crippen molar-refractivity contribution < 1.29 is 19.4 Å². The molecule has 0 aliphatic carbocycles. The van der Waals surface area contributed by atoms with E-state index in [1.165, 1.54) is 0 Å². The Morgan fingerprint density at radius 2 is 2.08 bits per heavy atom. The van der Waals surface area contributed by atoms with Gasteiger partial charge in [0.05, 0.1) is 18.2 Å². The first-order valence-electron chi connectivity index (χ1n) is 4.15. The van der Waals surface area contributed by atoms with Crippen molar-refractivity contribution >= 4 is 21.2 Å². The van der Waals surface area contributed by atoms with E-state index >= 15 is 0 Å². The number of hydrogen-bond acceptors (Lipinski definition) is 3. The maximum Gasteiger partial charge on any atom is 0.313 e. The molecule has 0 radical (unpaired) electrons. The number of carboxylic acids is 1. The first-order valence-corrected chi connectivity index (χ1v) is 4.81. The molecule has 0 bridgehead atoms. The predicted molar refractivity (Wildman–Crippen MR) is 51.6 cm³/mol. The minimum atomic E-state index is -0.999. The van der Waals surface area contributed by atoms with Crippen molar-refractivity contribution in [2.75, 3.05) is 0 Å². The fraction of sp³-hybridized carbons (Fsp3) is 0.750. The van der Waals surface area contributed by atoms with E-state index in [9.17, 15) is 9.59 Å². The van der Waals surface area contributed by atoms with Gasteiger partial charge in [-0.2, -0.15) is 0 Å². The van der Waals surface area contributed by atoms with Gasteiger partial charge in [-0.05, 0) is 13.3 Å². The quantitative estimate of drug-likeness (QED) is 0.539. The second-order valence-electron chi connectivity index (χ2n) is 2.86. The molecule has 0 aliphatic rings. The van der Waals surface area contributed by atoms with E-state index in [1.54, 1.807) is 6.92 Å². The zero-order valence-corrected chi connectivity index (χ0v) is 8.97. The third-order valence-corrected chi connectivity index (χ3v) is 2.10. The van der Waals surface area contributed by atoms with Crippen molar-refractivity contribution in [3.05, 3.63) is 0 Å². The van der Waals surface area contributed by atoms with Gasteiger partial charge in [-0.3, -0.25) is 9.59 Å². The number of hydrogen-bond donors (Lipinski definition) is 1. The topological polar surface area (TPSA) is 63.6 Å². The minimum Gasteiger partial charge on any atom is -0.481 e. The highest BCUT2D eigenvalue weighted by Gasteiger charge is 2.19. The molecule has 4 nitrogen and oxygen atoms in total. The van der Waals surface area contributed by atoms with Gasteiger partial charge in [-0.1, -0.05) is 6.92 Å². The molecule has 0 aromatic heterocycles. The third kappa shape index (κ3) is 5.58. The first-order chi connectivity index (χ1) is 5.97. The van der Waals surface area contributed by atoms with Gasteiger partial charge in [-0.15, -0.1) is 9.24 Å². The molecule has 0 saturated carbocycles. The van der Waals surface area contributed by atoms with Gasteiger partial charge in [0.25, 0.3) is 0 Å². The number of carbonyl (C=O) groups excluding carboxylic acids is 1. The van der Waals surface area contributed by atoms with Crippen molar-refractivity contribution in [2.24, 2.45) is 0 Å². The molecule has 0 spiro atoms. The van der Waals surface area contributed by atoms with Crippen LogP contribution in [0.5, 0.6) is 0 Å². The lowest BCUT2D eigenvalue weighted by Gasteiger charge is -2.13. The number of rotatable bonds is 5. The van der Waals surface area contributed by atoms with Gasteiger partial charge < -0.3 is 9.84 Å². The molecule has 5 heteroatoms. The zero-order valence-electron chi connectivity index (χ0n) is 7.82. The standard InChI is InChI=1S/C8H15O4P/c1-3-5(2)12-8(11)6(13)4-7(9)10/h5-6H,3-4,13H2,1-2H3,(H,9,10). The van der Waals surface area contributed by atoms with Crippen LogP contribution >= 0.6 is 9.24 Å². The molecule has 1 N–H and O–H groups in total. The van der Waals surface area contributed by atoms with Crippen LogP contribution in [0, 0.1) is 0 Å². The highest BCUT2D eigenvalue weighted by Crippen LogP contribution is 2.10. The van der Waals surface area contributed by atoms with Gasteiger partial charge in [0.2, 0.25) is 0 Å². The van der Waals surface area contributed by atoms with E-state index < -0.39 is 17.6 Å². The molecular formula is C8H15O4P. The van der Waals surface area contributed by atoms with Crippen molar-refractivity contribution in [3.63, 3.8) is 0 Å². The summed E-state index contributed by atoms with van der Waals surface area (Å²) in [7, 11) is 2.17. The van der Waals surface area contributed by atoms with Gasteiger partial charge in [0, 0.05) is 0 Å². The lowest BCUT2D eigenvalue weighted by molar-refractivity contribution is -0.150. The Bertz CT molecular complexity index is 193. The van der Waals surface area contributed by atoms with Crippen molar-refractivity contribution in [1.82, 2.24) is 0 Å². The van der Waals surface area contributed by atoms with Gasteiger partial charge in [0.15, 0.2) is 0 Å². The lowest BCUT2D eigenvalue weighted by Crippen LogP contribution is -2.24. The van der Waals surface area contributed by atoms with Crippen LogP contribution in [0.15, 0.2) is 0 Å². The maximum atomic E-state index is 11.1. The molecule has 0 aliphatic heterocycles. The average molecular weight is 206 g/mol. The third-order valence-electron chi connectivity index (χ3n) is 1.59. The van der Waals surface area contributed by atoms with Crippen LogP contribution in [0.25, 0.3) is 0 Å². The Morgan fingerprint density at radius 1 is 1.54 bits per heavy atom. The van der Waals surface area contributed by atoms with E-state index in [4.69, 9.17) is 9.84 Å². The summed E-state index contributed by atoms with van der Waals surface area (Å²) in [5, 5.41) is 8.40.